The predicted molar refractivity (Wildman–Crippen MR) is 145 cm³/mol. The van der Waals surface area contributed by atoms with Gasteiger partial charge in [-0.25, -0.2) is 14.7 Å². The van der Waals surface area contributed by atoms with Gasteiger partial charge in [-0.1, -0.05) is 47.5 Å². The van der Waals surface area contributed by atoms with E-state index in [1.807, 2.05) is 47.2 Å². The highest BCUT2D eigenvalue weighted by molar-refractivity contribution is 7.99. The SMILES string of the molecule is O=C(O)N(c1ccccc1)c1ccc(SCC2COC(Cn3ccnc3)(c3ccc(Cl)cc3Cl)O2)cc1. The summed E-state index contributed by atoms with van der Waals surface area (Å²) in [6, 6.07) is 21.7. The first kappa shape index (κ1) is 25.6. The smallest absolute Gasteiger partial charge is 0.416 e. The van der Waals surface area contributed by atoms with E-state index in [1.165, 1.54) is 4.90 Å². The molecule has 1 fully saturated rings. The van der Waals surface area contributed by atoms with Crippen LogP contribution in [0.2, 0.25) is 10.0 Å². The number of halogens is 2. The summed E-state index contributed by atoms with van der Waals surface area (Å²) in [4.78, 5) is 18.3. The Kier molecular flexibility index (Phi) is 7.73. The third-order valence-electron chi connectivity index (χ3n) is 5.89. The number of aromatic nitrogens is 2. The van der Waals surface area contributed by atoms with E-state index in [1.54, 1.807) is 60.7 Å². The van der Waals surface area contributed by atoms with Gasteiger partial charge in [0.25, 0.3) is 0 Å². The van der Waals surface area contributed by atoms with Crippen LogP contribution in [0.25, 0.3) is 0 Å². The highest BCUT2D eigenvalue weighted by atomic mass is 35.5. The molecule has 0 radical (unpaired) electrons. The normalized spacial score (nSPS) is 19.1. The molecule has 1 aliphatic heterocycles. The number of ether oxygens (including phenoxy) is 2. The van der Waals surface area contributed by atoms with Gasteiger partial charge in [0.1, 0.15) is 0 Å². The number of thioether (sulfide) groups is 1. The number of para-hydroxylation sites is 1. The third kappa shape index (κ3) is 5.79. The van der Waals surface area contributed by atoms with Crippen molar-refractivity contribution in [1.82, 2.24) is 9.55 Å². The van der Waals surface area contributed by atoms with Crippen molar-refractivity contribution in [1.29, 1.82) is 0 Å². The molecular weight excluding hydrogens is 533 g/mol. The number of anilines is 2. The fraction of sp³-hybridized carbons (Fsp3) is 0.185. The second-order valence-electron chi connectivity index (χ2n) is 8.42. The van der Waals surface area contributed by atoms with Gasteiger partial charge in [0.2, 0.25) is 5.79 Å². The van der Waals surface area contributed by atoms with Crippen molar-refractivity contribution in [3.8, 4) is 0 Å². The summed E-state index contributed by atoms with van der Waals surface area (Å²) in [5, 5.41) is 10.7. The number of hydrogen-bond acceptors (Lipinski definition) is 5. The molecule has 1 N–H and O–H groups in total. The zero-order valence-electron chi connectivity index (χ0n) is 19.5. The van der Waals surface area contributed by atoms with Gasteiger partial charge in [-0.2, -0.15) is 0 Å². The Morgan fingerprint density at radius 2 is 1.86 bits per heavy atom. The molecule has 2 atom stereocenters. The third-order valence-corrected chi connectivity index (χ3v) is 7.58. The molecule has 1 aromatic heterocycles. The molecule has 37 heavy (non-hydrogen) atoms. The first-order valence-electron chi connectivity index (χ1n) is 11.5. The Balaban J connectivity index is 1.28. The van der Waals surface area contributed by atoms with Crippen molar-refractivity contribution < 1.29 is 19.4 Å². The highest BCUT2D eigenvalue weighted by Crippen LogP contribution is 2.41. The van der Waals surface area contributed by atoms with Crippen LogP contribution in [0.3, 0.4) is 0 Å². The van der Waals surface area contributed by atoms with Crippen LogP contribution in [0, 0.1) is 0 Å². The first-order chi connectivity index (χ1) is 17.9. The summed E-state index contributed by atoms with van der Waals surface area (Å²) >= 11 is 14.3. The van der Waals surface area contributed by atoms with E-state index in [-0.39, 0.29) is 6.10 Å². The van der Waals surface area contributed by atoms with Gasteiger partial charge in [0.05, 0.1) is 42.0 Å². The standard InChI is InChI=1S/C27H23Cl2N3O4S/c28-19-6-11-24(25(29)14-19)27(17-31-13-12-30-18-31)35-15-22(36-27)16-37-23-9-7-21(8-10-23)32(26(33)34)20-4-2-1-3-5-20/h1-14,18,22H,15-17H2,(H,33,34). The summed E-state index contributed by atoms with van der Waals surface area (Å²) in [7, 11) is 0. The van der Waals surface area contributed by atoms with Crippen molar-refractivity contribution in [3.63, 3.8) is 0 Å². The number of hydrogen-bond donors (Lipinski definition) is 1. The summed E-state index contributed by atoms with van der Waals surface area (Å²) in [5.41, 5.74) is 1.86. The number of carboxylic acid groups (broad SMARTS) is 1. The lowest BCUT2D eigenvalue weighted by Crippen LogP contribution is -2.34. The number of nitrogens with zero attached hydrogens (tertiary/aromatic N) is 3. The summed E-state index contributed by atoms with van der Waals surface area (Å²) in [5.74, 6) is -0.438. The van der Waals surface area contributed by atoms with Gasteiger partial charge in [-0.3, -0.25) is 0 Å². The molecule has 0 saturated carbocycles. The molecule has 1 amide bonds. The highest BCUT2D eigenvalue weighted by Gasteiger charge is 2.45. The molecule has 3 aromatic carbocycles. The molecule has 4 aromatic rings. The number of amides is 1. The Bertz CT molecular complexity index is 1360. The monoisotopic (exact) mass is 555 g/mol. The van der Waals surface area contributed by atoms with Crippen LogP contribution in [0.15, 0.2) is 96.4 Å². The van der Waals surface area contributed by atoms with E-state index >= 15 is 0 Å². The fourth-order valence-electron chi connectivity index (χ4n) is 4.20. The van der Waals surface area contributed by atoms with E-state index in [0.717, 1.165) is 4.90 Å². The summed E-state index contributed by atoms with van der Waals surface area (Å²) in [6.07, 6.45) is 4.01. The quantitative estimate of drug-likeness (QED) is 0.234. The van der Waals surface area contributed by atoms with E-state index in [9.17, 15) is 9.90 Å². The molecule has 0 aliphatic carbocycles. The number of imidazole rings is 1. The van der Waals surface area contributed by atoms with Crippen LogP contribution in [-0.4, -0.2) is 39.2 Å². The van der Waals surface area contributed by atoms with Crippen LogP contribution >= 0.6 is 35.0 Å². The van der Waals surface area contributed by atoms with Gasteiger partial charge in [0.15, 0.2) is 0 Å². The van der Waals surface area contributed by atoms with Gasteiger partial charge >= 0.3 is 6.09 Å². The summed E-state index contributed by atoms with van der Waals surface area (Å²) in [6.45, 7) is 0.772. The van der Waals surface area contributed by atoms with Crippen molar-refractivity contribution in [2.24, 2.45) is 0 Å². The van der Waals surface area contributed by atoms with E-state index < -0.39 is 11.9 Å². The van der Waals surface area contributed by atoms with Crippen LogP contribution < -0.4 is 4.90 Å². The second-order valence-corrected chi connectivity index (χ2v) is 10.4. The van der Waals surface area contributed by atoms with Gasteiger partial charge in [-0.15, -0.1) is 11.8 Å². The lowest BCUT2D eigenvalue weighted by atomic mass is 10.1. The first-order valence-corrected chi connectivity index (χ1v) is 13.2. The van der Waals surface area contributed by atoms with Crippen molar-refractivity contribution in [2.45, 2.75) is 23.3 Å². The fourth-order valence-corrected chi connectivity index (χ4v) is 5.63. The molecule has 1 saturated heterocycles. The minimum atomic E-state index is -1.07. The molecule has 0 spiro atoms. The molecule has 190 valence electrons. The van der Waals surface area contributed by atoms with Gasteiger partial charge in [0, 0.05) is 33.6 Å². The van der Waals surface area contributed by atoms with E-state index in [4.69, 9.17) is 32.7 Å². The molecule has 7 nitrogen and oxygen atoms in total. The second kappa shape index (κ2) is 11.2. The maximum atomic E-state index is 11.9. The lowest BCUT2D eigenvalue weighted by Gasteiger charge is -2.30. The number of carbonyl (C=O) groups is 1. The minimum absolute atomic E-state index is 0.195. The van der Waals surface area contributed by atoms with Crippen LogP contribution in [0.1, 0.15) is 5.56 Å². The average Bonchev–Trinajstić information content (AvgIpc) is 3.55. The van der Waals surface area contributed by atoms with Crippen LogP contribution in [-0.2, 0) is 21.8 Å². The van der Waals surface area contributed by atoms with E-state index in [2.05, 4.69) is 4.98 Å². The Morgan fingerprint density at radius 1 is 1.11 bits per heavy atom. The Labute approximate surface area is 228 Å². The lowest BCUT2D eigenvalue weighted by molar-refractivity contribution is -0.184. The molecule has 1 aliphatic rings. The molecule has 2 unspecified atom stereocenters. The van der Waals surface area contributed by atoms with Crippen molar-refractivity contribution in [2.75, 3.05) is 17.3 Å². The van der Waals surface area contributed by atoms with Crippen molar-refractivity contribution >= 4 is 52.4 Å². The van der Waals surface area contributed by atoms with Gasteiger partial charge in [-0.05, 0) is 48.5 Å². The number of rotatable bonds is 8. The maximum absolute atomic E-state index is 11.9. The molecule has 0 bridgehead atoms. The molecular formula is C27H23Cl2N3O4S. The summed E-state index contributed by atoms with van der Waals surface area (Å²) < 4.78 is 14.7. The average molecular weight is 556 g/mol. The molecule has 10 heteroatoms. The van der Waals surface area contributed by atoms with Crippen LogP contribution in [0.4, 0.5) is 16.2 Å². The molecule has 2 heterocycles. The van der Waals surface area contributed by atoms with Crippen molar-refractivity contribution in [3.05, 3.63) is 107 Å². The number of benzene rings is 3. The predicted octanol–water partition coefficient (Wildman–Crippen LogP) is 7.07. The largest absolute Gasteiger partial charge is 0.464 e. The minimum Gasteiger partial charge on any atom is -0.464 e. The zero-order chi connectivity index (χ0) is 25.8. The molecule has 5 rings (SSSR count). The van der Waals surface area contributed by atoms with Crippen LogP contribution in [0.5, 0.6) is 0 Å². The van der Waals surface area contributed by atoms with Gasteiger partial charge < -0.3 is 19.1 Å². The maximum Gasteiger partial charge on any atom is 0.416 e. The Morgan fingerprint density at radius 3 is 2.54 bits per heavy atom. The Hall–Kier alpha value is -3.01. The zero-order valence-corrected chi connectivity index (χ0v) is 21.9. The topological polar surface area (TPSA) is 76.8 Å². The van der Waals surface area contributed by atoms with E-state index in [0.29, 0.717) is 45.9 Å².